The van der Waals surface area contributed by atoms with Crippen molar-refractivity contribution in [3.63, 3.8) is 0 Å². The fourth-order valence-electron chi connectivity index (χ4n) is 6.28. The average molecular weight is 631 g/mol. The van der Waals surface area contributed by atoms with Crippen LogP contribution in [0, 0.1) is 0 Å². The quantitative estimate of drug-likeness (QED) is 0.119. The van der Waals surface area contributed by atoms with Crippen LogP contribution in [-0.2, 0) is 42.6 Å². The normalized spacial score (nSPS) is 56.8. The average Bonchev–Trinajstić information content (AvgIpc) is 3.45. The number of fused-ring (bicyclic) bond motifs is 4. The summed E-state index contributed by atoms with van der Waals surface area (Å²) in [5.74, 6) is 0. The molecule has 43 heavy (non-hydrogen) atoms. The van der Waals surface area contributed by atoms with E-state index in [1.54, 1.807) is 0 Å². The highest BCUT2D eigenvalue weighted by atomic mass is 16.8. The lowest BCUT2D eigenvalue weighted by molar-refractivity contribution is -0.372. The molecule has 6 rings (SSSR count). The van der Waals surface area contributed by atoms with Gasteiger partial charge in [0, 0.05) is 0 Å². The van der Waals surface area contributed by atoms with Gasteiger partial charge in [-0.2, -0.15) is 0 Å². The second kappa shape index (κ2) is 12.8. The van der Waals surface area contributed by atoms with E-state index < -0.39 is 136 Å². The van der Waals surface area contributed by atoms with Crippen molar-refractivity contribution in [1.82, 2.24) is 0 Å². The van der Waals surface area contributed by atoms with E-state index in [0.29, 0.717) is 0 Å². The van der Waals surface area contributed by atoms with Crippen LogP contribution in [0.15, 0.2) is 0 Å². The first-order valence-electron chi connectivity index (χ1n) is 14.0. The van der Waals surface area contributed by atoms with E-state index in [2.05, 4.69) is 0 Å². The molecular formula is C24H38O19. The molecule has 6 aliphatic heterocycles. The topological polar surface area (TPSA) is 285 Å². The maximum absolute atomic E-state index is 11.1. The molecule has 4 bridgehead atoms. The van der Waals surface area contributed by atoms with Crippen LogP contribution in [0.1, 0.15) is 0 Å². The van der Waals surface area contributed by atoms with Crippen LogP contribution < -0.4 is 0 Å². The summed E-state index contributed by atoms with van der Waals surface area (Å²) in [4.78, 5) is 0. The minimum absolute atomic E-state index is 0.000819. The van der Waals surface area contributed by atoms with Gasteiger partial charge in [0.05, 0.1) is 26.4 Å². The summed E-state index contributed by atoms with van der Waals surface area (Å²) in [6, 6.07) is 0. The van der Waals surface area contributed by atoms with E-state index in [9.17, 15) is 51.1 Å². The van der Waals surface area contributed by atoms with Gasteiger partial charge < -0.3 is 93.7 Å². The van der Waals surface area contributed by atoms with Gasteiger partial charge >= 0.3 is 0 Å². The monoisotopic (exact) mass is 630 g/mol. The van der Waals surface area contributed by atoms with Gasteiger partial charge in [-0.3, -0.25) is 0 Å². The zero-order valence-corrected chi connectivity index (χ0v) is 22.5. The summed E-state index contributed by atoms with van der Waals surface area (Å²) in [5, 5.41) is 103. The number of aliphatic hydroxyl groups excluding tert-OH is 10. The number of ether oxygens (including phenoxy) is 9. The molecule has 20 atom stereocenters. The van der Waals surface area contributed by atoms with Crippen LogP contribution in [-0.4, -0.2) is 200 Å². The van der Waals surface area contributed by atoms with Crippen molar-refractivity contribution in [1.29, 1.82) is 0 Å². The van der Waals surface area contributed by atoms with E-state index in [1.807, 2.05) is 0 Å². The molecule has 0 amide bonds. The third kappa shape index (κ3) is 5.73. The maximum Gasteiger partial charge on any atom is 0.187 e. The summed E-state index contributed by atoms with van der Waals surface area (Å²) in [6.07, 6.45) is -27.7. The number of aliphatic hydroxyl groups is 10. The summed E-state index contributed by atoms with van der Waals surface area (Å²) in [6.45, 7) is -1.52. The van der Waals surface area contributed by atoms with Crippen molar-refractivity contribution in [2.75, 3.05) is 26.4 Å². The Morgan fingerprint density at radius 3 is 1.60 bits per heavy atom. The zero-order valence-electron chi connectivity index (χ0n) is 22.5. The molecule has 10 N–H and O–H groups in total. The minimum atomic E-state index is -1.79. The van der Waals surface area contributed by atoms with Crippen LogP contribution in [0.5, 0.6) is 0 Å². The molecule has 0 aromatic carbocycles. The Balaban J connectivity index is 1.12. The van der Waals surface area contributed by atoms with Gasteiger partial charge in [-0.25, -0.2) is 0 Å². The Hall–Kier alpha value is -0.760. The SMILES string of the molecule is OCC1OC(O)C(O)C(OC2OC3COC(C2O)C3OC2OC(CO)C(O)C(OC3OC4COC(C4O)C3O)C2O)C1O. The van der Waals surface area contributed by atoms with Gasteiger partial charge in [-0.15, -0.1) is 0 Å². The standard InChI is InChI=1S/C24H38O19/c25-1-5-9(27)18(12(30)21(34)37-5)42-24-15(33)20-16(8(40-24)4-36-20)41-23-14(32)19(10(28)6(2-26)38-23)43-22-13(31)17-11(29)7(39-22)3-35-17/h5-34H,1-4H2. The van der Waals surface area contributed by atoms with Gasteiger partial charge in [0.1, 0.15) is 97.7 Å². The van der Waals surface area contributed by atoms with Crippen molar-refractivity contribution in [2.45, 2.75) is 123 Å². The van der Waals surface area contributed by atoms with Gasteiger partial charge in [0.25, 0.3) is 0 Å². The van der Waals surface area contributed by atoms with Crippen molar-refractivity contribution in [3.05, 3.63) is 0 Å². The van der Waals surface area contributed by atoms with Crippen molar-refractivity contribution in [3.8, 4) is 0 Å². The molecule has 0 aliphatic carbocycles. The van der Waals surface area contributed by atoms with Crippen LogP contribution in [0.4, 0.5) is 0 Å². The summed E-state index contributed by atoms with van der Waals surface area (Å²) >= 11 is 0. The van der Waals surface area contributed by atoms with Gasteiger partial charge in [-0.1, -0.05) is 0 Å². The molecule has 6 heterocycles. The summed E-state index contributed by atoms with van der Waals surface area (Å²) in [7, 11) is 0. The maximum atomic E-state index is 11.1. The third-order valence-corrected chi connectivity index (χ3v) is 8.70. The molecule has 6 saturated heterocycles. The number of hydrogen-bond acceptors (Lipinski definition) is 19. The fourth-order valence-corrected chi connectivity index (χ4v) is 6.28. The van der Waals surface area contributed by atoms with Crippen LogP contribution in [0.3, 0.4) is 0 Å². The van der Waals surface area contributed by atoms with E-state index in [0.717, 1.165) is 0 Å². The smallest absolute Gasteiger partial charge is 0.187 e. The third-order valence-electron chi connectivity index (χ3n) is 8.70. The molecule has 0 aromatic rings. The molecule has 0 spiro atoms. The Labute approximate surface area is 243 Å². The first-order valence-corrected chi connectivity index (χ1v) is 14.0. The van der Waals surface area contributed by atoms with Gasteiger partial charge in [0.2, 0.25) is 0 Å². The highest BCUT2D eigenvalue weighted by Gasteiger charge is 2.58. The highest BCUT2D eigenvalue weighted by molar-refractivity contribution is 5.01. The first-order chi connectivity index (χ1) is 20.5. The molecule has 0 aromatic heterocycles. The second-order valence-electron chi connectivity index (χ2n) is 11.4. The lowest BCUT2D eigenvalue weighted by Gasteiger charge is -2.47. The van der Waals surface area contributed by atoms with Crippen LogP contribution in [0.25, 0.3) is 0 Å². The Bertz CT molecular complexity index is 946. The van der Waals surface area contributed by atoms with E-state index in [-0.39, 0.29) is 13.2 Å². The lowest BCUT2D eigenvalue weighted by atomic mass is 9.96. The van der Waals surface area contributed by atoms with E-state index in [4.69, 9.17) is 42.6 Å². The van der Waals surface area contributed by atoms with Gasteiger partial charge in [-0.05, 0) is 0 Å². The van der Waals surface area contributed by atoms with Crippen molar-refractivity contribution in [2.24, 2.45) is 0 Å². The summed E-state index contributed by atoms with van der Waals surface area (Å²) in [5.41, 5.74) is 0. The van der Waals surface area contributed by atoms with E-state index >= 15 is 0 Å². The predicted molar refractivity (Wildman–Crippen MR) is 127 cm³/mol. The van der Waals surface area contributed by atoms with Crippen LogP contribution in [0.2, 0.25) is 0 Å². The zero-order chi connectivity index (χ0) is 30.7. The summed E-state index contributed by atoms with van der Waals surface area (Å²) < 4.78 is 50.0. The molecule has 0 saturated carbocycles. The molecule has 19 heteroatoms. The Morgan fingerprint density at radius 2 is 0.953 bits per heavy atom. The van der Waals surface area contributed by atoms with Gasteiger partial charge in [0.15, 0.2) is 25.2 Å². The molecule has 0 radical (unpaired) electrons. The van der Waals surface area contributed by atoms with Crippen LogP contribution >= 0.6 is 0 Å². The number of hydrogen-bond donors (Lipinski definition) is 10. The Kier molecular flexibility index (Phi) is 9.58. The number of rotatable bonds is 8. The van der Waals surface area contributed by atoms with Crippen molar-refractivity contribution < 1.29 is 93.7 Å². The minimum Gasteiger partial charge on any atom is -0.394 e. The molecular weight excluding hydrogens is 592 g/mol. The molecule has 6 fully saturated rings. The highest BCUT2D eigenvalue weighted by Crippen LogP contribution is 2.38. The largest absolute Gasteiger partial charge is 0.394 e. The molecule has 20 unspecified atom stereocenters. The predicted octanol–water partition coefficient (Wildman–Crippen LogP) is -7.66. The first kappa shape index (κ1) is 32.2. The molecule has 19 nitrogen and oxygen atoms in total. The van der Waals surface area contributed by atoms with Crippen molar-refractivity contribution >= 4 is 0 Å². The molecule has 6 aliphatic rings. The van der Waals surface area contributed by atoms with E-state index in [1.165, 1.54) is 0 Å². The Morgan fingerprint density at radius 1 is 0.465 bits per heavy atom. The lowest BCUT2D eigenvalue weighted by Crippen LogP contribution is -2.65. The second-order valence-corrected chi connectivity index (χ2v) is 11.4. The fraction of sp³-hybridized carbons (Fsp3) is 1.00. The molecule has 248 valence electrons.